The highest BCUT2D eigenvalue weighted by Gasteiger charge is 2.39. The lowest BCUT2D eigenvalue weighted by molar-refractivity contribution is -0.136. The second-order valence-corrected chi connectivity index (χ2v) is 5.89. The van der Waals surface area contributed by atoms with Crippen molar-refractivity contribution in [2.75, 3.05) is 13.2 Å². The van der Waals surface area contributed by atoms with Crippen LogP contribution in [0.1, 0.15) is 34.1 Å². The number of aliphatic hydroxyl groups excluding tert-OH is 1. The van der Waals surface area contributed by atoms with E-state index in [0.717, 1.165) is 13.0 Å². The number of amides is 1. The van der Waals surface area contributed by atoms with Crippen molar-refractivity contribution in [2.45, 2.75) is 46.2 Å². The van der Waals surface area contributed by atoms with E-state index in [4.69, 9.17) is 5.73 Å². The van der Waals surface area contributed by atoms with E-state index >= 15 is 0 Å². The predicted molar refractivity (Wildman–Crippen MR) is 63.8 cm³/mol. The van der Waals surface area contributed by atoms with Crippen LogP contribution in [0.2, 0.25) is 0 Å². The van der Waals surface area contributed by atoms with Crippen LogP contribution in [0.15, 0.2) is 0 Å². The first-order valence-corrected chi connectivity index (χ1v) is 5.96. The molecule has 3 atom stereocenters. The molecule has 1 saturated heterocycles. The number of rotatable bonds is 2. The maximum Gasteiger partial charge on any atom is 0.240 e. The number of likely N-dealkylation sites (tertiary alicyclic amines) is 1. The van der Waals surface area contributed by atoms with E-state index in [1.165, 1.54) is 0 Å². The van der Waals surface area contributed by atoms with Gasteiger partial charge < -0.3 is 15.7 Å². The van der Waals surface area contributed by atoms with Crippen molar-refractivity contribution < 1.29 is 9.90 Å². The van der Waals surface area contributed by atoms with Crippen molar-refractivity contribution in [3.63, 3.8) is 0 Å². The molecule has 94 valence electrons. The van der Waals surface area contributed by atoms with Crippen molar-refractivity contribution in [3.8, 4) is 0 Å². The summed E-state index contributed by atoms with van der Waals surface area (Å²) in [6, 6.07) is -0.548. The average Bonchev–Trinajstić information content (AvgIpc) is 2.55. The molecular formula is C12H24N2O2. The monoisotopic (exact) mass is 228 g/mol. The van der Waals surface area contributed by atoms with Gasteiger partial charge >= 0.3 is 0 Å². The van der Waals surface area contributed by atoms with Gasteiger partial charge in [0.2, 0.25) is 5.91 Å². The molecule has 1 aliphatic heterocycles. The van der Waals surface area contributed by atoms with Crippen LogP contribution in [0.4, 0.5) is 0 Å². The SMILES string of the molecule is CC1CCN(C(=O)C(N)C(C)(C)C)C1CO. The van der Waals surface area contributed by atoms with E-state index in [-0.39, 0.29) is 24.0 Å². The summed E-state index contributed by atoms with van der Waals surface area (Å²) in [5.74, 6) is 0.331. The Hall–Kier alpha value is -0.610. The molecular weight excluding hydrogens is 204 g/mol. The molecule has 3 N–H and O–H groups in total. The van der Waals surface area contributed by atoms with Gasteiger partial charge in [0.1, 0.15) is 0 Å². The third kappa shape index (κ3) is 2.55. The molecule has 0 saturated carbocycles. The van der Waals surface area contributed by atoms with E-state index in [0.29, 0.717) is 5.92 Å². The summed E-state index contributed by atoms with van der Waals surface area (Å²) in [4.78, 5) is 13.9. The van der Waals surface area contributed by atoms with Gasteiger partial charge in [-0.15, -0.1) is 0 Å². The number of nitrogens with two attached hydrogens (primary N) is 1. The smallest absolute Gasteiger partial charge is 0.240 e. The minimum atomic E-state index is -0.494. The minimum absolute atomic E-state index is 0.0315. The van der Waals surface area contributed by atoms with E-state index in [1.807, 2.05) is 20.8 Å². The van der Waals surface area contributed by atoms with Crippen molar-refractivity contribution in [3.05, 3.63) is 0 Å². The average molecular weight is 228 g/mol. The molecule has 0 spiro atoms. The van der Waals surface area contributed by atoms with Crippen LogP contribution >= 0.6 is 0 Å². The molecule has 1 heterocycles. The molecule has 0 aromatic rings. The zero-order valence-electron chi connectivity index (χ0n) is 10.7. The van der Waals surface area contributed by atoms with Gasteiger partial charge in [0.25, 0.3) is 0 Å². The summed E-state index contributed by atoms with van der Waals surface area (Å²) in [6.07, 6.45) is 0.952. The van der Waals surface area contributed by atoms with Crippen LogP contribution in [0.5, 0.6) is 0 Å². The van der Waals surface area contributed by atoms with Crippen LogP contribution in [-0.2, 0) is 4.79 Å². The quantitative estimate of drug-likeness (QED) is 0.727. The summed E-state index contributed by atoms with van der Waals surface area (Å²) >= 11 is 0. The molecule has 3 unspecified atom stereocenters. The molecule has 4 heteroatoms. The summed E-state index contributed by atoms with van der Waals surface area (Å²) in [5.41, 5.74) is 5.73. The first-order valence-electron chi connectivity index (χ1n) is 5.96. The summed E-state index contributed by atoms with van der Waals surface area (Å²) in [5, 5.41) is 9.31. The van der Waals surface area contributed by atoms with Crippen LogP contribution in [0.3, 0.4) is 0 Å². The first kappa shape index (κ1) is 13.5. The molecule has 0 aliphatic carbocycles. The van der Waals surface area contributed by atoms with Gasteiger partial charge in [-0.25, -0.2) is 0 Å². The molecule has 0 aromatic carbocycles. The Labute approximate surface area is 97.8 Å². The highest BCUT2D eigenvalue weighted by atomic mass is 16.3. The van der Waals surface area contributed by atoms with E-state index in [2.05, 4.69) is 6.92 Å². The predicted octanol–water partition coefficient (Wildman–Crippen LogP) is 0.589. The Bertz CT molecular complexity index is 260. The minimum Gasteiger partial charge on any atom is -0.394 e. The maximum absolute atomic E-state index is 12.2. The topological polar surface area (TPSA) is 66.6 Å². The van der Waals surface area contributed by atoms with Crippen LogP contribution < -0.4 is 5.73 Å². The second-order valence-electron chi connectivity index (χ2n) is 5.89. The zero-order chi connectivity index (χ0) is 12.5. The Morgan fingerprint density at radius 2 is 2.12 bits per heavy atom. The molecule has 1 fully saturated rings. The van der Waals surface area contributed by atoms with Gasteiger partial charge in [0.15, 0.2) is 0 Å². The Morgan fingerprint density at radius 1 is 1.56 bits per heavy atom. The zero-order valence-corrected chi connectivity index (χ0v) is 10.7. The Balaban J connectivity index is 2.75. The van der Waals surface area contributed by atoms with Crippen LogP contribution in [0, 0.1) is 11.3 Å². The standard InChI is InChI=1S/C12H24N2O2/c1-8-5-6-14(9(8)7-15)11(16)10(13)12(2,3)4/h8-10,15H,5-7,13H2,1-4H3. The lowest BCUT2D eigenvalue weighted by atomic mass is 9.86. The van der Waals surface area contributed by atoms with Crippen molar-refractivity contribution in [2.24, 2.45) is 17.1 Å². The fourth-order valence-electron chi connectivity index (χ4n) is 2.11. The normalized spacial score (nSPS) is 28.2. The third-order valence-corrected chi connectivity index (χ3v) is 3.55. The highest BCUT2D eigenvalue weighted by Crippen LogP contribution is 2.27. The van der Waals surface area contributed by atoms with Gasteiger partial charge in [0, 0.05) is 6.54 Å². The number of hydrogen-bond donors (Lipinski definition) is 2. The van der Waals surface area contributed by atoms with Gasteiger partial charge in [-0.05, 0) is 17.8 Å². The van der Waals surface area contributed by atoms with E-state index in [9.17, 15) is 9.90 Å². The van der Waals surface area contributed by atoms with E-state index < -0.39 is 6.04 Å². The number of aliphatic hydroxyl groups is 1. The Kier molecular flexibility index (Phi) is 3.97. The fourth-order valence-corrected chi connectivity index (χ4v) is 2.11. The lowest BCUT2D eigenvalue weighted by Crippen LogP contribution is -2.53. The number of carbonyl (C=O) groups excluding carboxylic acids is 1. The summed E-state index contributed by atoms with van der Waals surface area (Å²) < 4.78 is 0. The summed E-state index contributed by atoms with van der Waals surface area (Å²) in [7, 11) is 0. The van der Waals surface area contributed by atoms with E-state index in [1.54, 1.807) is 4.90 Å². The van der Waals surface area contributed by atoms with Crippen LogP contribution in [-0.4, -0.2) is 41.1 Å². The molecule has 0 bridgehead atoms. The first-order chi connectivity index (χ1) is 7.29. The van der Waals surface area contributed by atoms with Gasteiger partial charge in [0.05, 0.1) is 18.7 Å². The van der Waals surface area contributed by atoms with Gasteiger partial charge in [-0.2, -0.15) is 0 Å². The molecule has 0 aromatic heterocycles. The van der Waals surface area contributed by atoms with Gasteiger partial charge in [-0.1, -0.05) is 27.7 Å². The number of carbonyl (C=O) groups is 1. The third-order valence-electron chi connectivity index (χ3n) is 3.55. The maximum atomic E-state index is 12.2. The van der Waals surface area contributed by atoms with Crippen molar-refractivity contribution in [1.82, 2.24) is 4.90 Å². The summed E-state index contributed by atoms with van der Waals surface area (Å²) in [6.45, 7) is 8.70. The molecule has 4 nitrogen and oxygen atoms in total. The van der Waals surface area contributed by atoms with Crippen molar-refractivity contribution in [1.29, 1.82) is 0 Å². The molecule has 1 aliphatic rings. The van der Waals surface area contributed by atoms with Crippen molar-refractivity contribution >= 4 is 5.91 Å². The molecule has 16 heavy (non-hydrogen) atoms. The largest absolute Gasteiger partial charge is 0.394 e. The second kappa shape index (κ2) is 4.72. The highest BCUT2D eigenvalue weighted by molar-refractivity contribution is 5.83. The Morgan fingerprint density at radius 3 is 2.56 bits per heavy atom. The van der Waals surface area contributed by atoms with Gasteiger partial charge in [-0.3, -0.25) is 4.79 Å². The number of hydrogen-bond acceptors (Lipinski definition) is 3. The number of nitrogens with zero attached hydrogens (tertiary/aromatic N) is 1. The molecule has 1 amide bonds. The molecule has 1 rings (SSSR count). The lowest BCUT2D eigenvalue weighted by Gasteiger charge is -2.33. The molecule has 0 radical (unpaired) electrons. The van der Waals surface area contributed by atoms with Crippen LogP contribution in [0.25, 0.3) is 0 Å². The fraction of sp³-hybridized carbons (Fsp3) is 0.917.